The predicted molar refractivity (Wildman–Crippen MR) is 85.1 cm³/mol. The predicted octanol–water partition coefficient (Wildman–Crippen LogP) is 3.89. The zero-order valence-electron chi connectivity index (χ0n) is 11.3. The van der Waals surface area contributed by atoms with Gasteiger partial charge in [-0.3, -0.25) is 0 Å². The van der Waals surface area contributed by atoms with Gasteiger partial charge in [-0.2, -0.15) is 0 Å². The molecule has 20 heavy (non-hydrogen) atoms. The lowest BCUT2D eigenvalue weighted by molar-refractivity contribution is 0.719. The van der Waals surface area contributed by atoms with Crippen molar-refractivity contribution in [1.82, 2.24) is 15.0 Å². The van der Waals surface area contributed by atoms with E-state index in [4.69, 9.17) is 5.73 Å². The van der Waals surface area contributed by atoms with Crippen molar-refractivity contribution in [2.75, 3.05) is 5.73 Å². The van der Waals surface area contributed by atoms with Crippen molar-refractivity contribution in [1.29, 1.82) is 0 Å². The summed E-state index contributed by atoms with van der Waals surface area (Å²) in [5.74, 6) is 0.749. The highest BCUT2D eigenvalue weighted by Gasteiger charge is 2.17. The SMILES string of the molecule is CC(C)c1c(N)nnn1-c1ccc(Br)c2ccccc12. The van der Waals surface area contributed by atoms with Crippen LogP contribution in [0.15, 0.2) is 40.9 Å². The number of hydrogen-bond acceptors (Lipinski definition) is 3. The molecular weight excluding hydrogens is 316 g/mol. The summed E-state index contributed by atoms with van der Waals surface area (Å²) >= 11 is 3.59. The molecule has 3 rings (SSSR count). The van der Waals surface area contributed by atoms with E-state index in [9.17, 15) is 0 Å². The third-order valence-electron chi connectivity index (χ3n) is 3.36. The second kappa shape index (κ2) is 4.90. The van der Waals surface area contributed by atoms with Gasteiger partial charge in [0.05, 0.1) is 11.4 Å². The molecule has 0 aliphatic carbocycles. The minimum Gasteiger partial charge on any atom is -0.381 e. The van der Waals surface area contributed by atoms with Gasteiger partial charge in [0.25, 0.3) is 0 Å². The first-order chi connectivity index (χ1) is 9.59. The highest BCUT2D eigenvalue weighted by molar-refractivity contribution is 9.10. The second-order valence-corrected chi connectivity index (χ2v) is 5.89. The van der Waals surface area contributed by atoms with Crippen molar-refractivity contribution in [2.45, 2.75) is 19.8 Å². The number of anilines is 1. The van der Waals surface area contributed by atoms with E-state index in [-0.39, 0.29) is 5.92 Å². The van der Waals surface area contributed by atoms with Gasteiger partial charge in [-0.1, -0.05) is 59.3 Å². The van der Waals surface area contributed by atoms with Crippen LogP contribution in [-0.4, -0.2) is 15.0 Å². The van der Waals surface area contributed by atoms with Gasteiger partial charge in [-0.15, -0.1) is 5.10 Å². The molecule has 0 saturated carbocycles. The van der Waals surface area contributed by atoms with Crippen LogP contribution in [0.4, 0.5) is 5.82 Å². The maximum absolute atomic E-state index is 5.95. The third kappa shape index (κ3) is 1.98. The first kappa shape index (κ1) is 13.1. The summed E-state index contributed by atoms with van der Waals surface area (Å²) in [7, 11) is 0. The van der Waals surface area contributed by atoms with E-state index in [2.05, 4.69) is 52.2 Å². The van der Waals surface area contributed by atoms with Crippen LogP contribution in [0.2, 0.25) is 0 Å². The number of halogens is 1. The van der Waals surface area contributed by atoms with Crippen LogP contribution in [0.5, 0.6) is 0 Å². The van der Waals surface area contributed by atoms with Crippen molar-refractivity contribution in [3.8, 4) is 5.69 Å². The lowest BCUT2D eigenvalue weighted by Crippen LogP contribution is -2.06. The Morgan fingerprint density at radius 1 is 1.10 bits per heavy atom. The summed E-state index contributed by atoms with van der Waals surface area (Å²) in [5, 5.41) is 10.5. The van der Waals surface area contributed by atoms with Crippen LogP contribution in [-0.2, 0) is 0 Å². The van der Waals surface area contributed by atoms with E-state index < -0.39 is 0 Å². The van der Waals surface area contributed by atoms with Gasteiger partial charge < -0.3 is 5.73 Å². The molecule has 0 fully saturated rings. The average molecular weight is 331 g/mol. The van der Waals surface area contributed by atoms with Crippen LogP contribution in [0.25, 0.3) is 16.5 Å². The number of nitrogen functional groups attached to an aromatic ring is 1. The Hall–Kier alpha value is -1.88. The van der Waals surface area contributed by atoms with Crippen LogP contribution in [0.1, 0.15) is 25.5 Å². The van der Waals surface area contributed by atoms with E-state index in [0.717, 1.165) is 26.6 Å². The van der Waals surface area contributed by atoms with Gasteiger partial charge in [0.1, 0.15) is 0 Å². The number of nitrogens with zero attached hydrogens (tertiary/aromatic N) is 3. The Balaban J connectivity index is 2.34. The summed E-state index contributed by atoms with van der Waals surface area (Å²) in [5.41, 5.74) is 7.89. The number of fused-ring (bicyclic) bond motifs is 1. The van der Waals surface area contributed by atoms with E-state index in [1.54, 1.807) is 0 Å². The van der Waals surface area contributed by atoms with Gasteiger partial charge >= 0.3 is 0 Å². The minimum absolute atomic E-state index is 0.257. The fraction of sp³-hybridized carbons (Fsp3) is 0.200. The zero-order valence-corrected chi connectivity index (χ0v) is 12.9. The van der Waals surface area contributed by atoms with Crippen molar-refractivity contribution >= 4 is 32.5 Å². The fourth-order valence-electron chi connectivity index (χ4n) is 2.45. The maximum Gasteiger partial charge on any atom is 0.169 e. The molecule has 0 aliphatic rings. The molecule has 4 nitrogen and oxygen atoms in total. The number of rotatable bonds is 2. The fourth-order valence-corrected chi connectivity index (χ4v) is 2.93. The normalized spacial score (nSPS) is 11.4. The van der Waals surface area contributed by atoms with E-state index >= 15 is 0 Å². The zero-order chi connectivity index (χ0) is 14.3. The van der Waals surface area contributed by atoms with Gasteiger partial charge in [0.2, 0.25) is 0 Å². The molecule has 3 aromatic rings. The van der Waals surface area contributed by atoms with Crippen LogP contribution in [0, 0.1) is 0 Å². The highest BCUT2D eigenvalue weighted by Crippen LogP contribution is 2.31. The molecule has 0 radical (unpaired) electrons. The van der Waals surface area contributed by atoms with Crippen LogP contribution in [0.3, 0.4) is 0 Å². The van der Waals surface area contributed by atoms with Crippen molar-refractivity contribution < 1.29 is 0 Å². The summed E-state index contributed by atoms with van der Waals surface area (Å²) in [6.07, 6.45) is 0. The molecule has 0 atom stereocenters. The molecular formula is C15H15BrN4. The van der Waals surface area contributed by atoms with Crippen LogP contribution < -0.4 is 5.73 Å². The first-order valence-corrected chi connectivity index (χ1v) is 7.27. The molecule has 102 valence electrons. The third-order valence-corrected chi connectivity index (χ3v) is 4.05. The second-order valence-electron chi connectivity index (χ2n) is 5.04. The summed E-state index contributed by atoms with van der Waals surface area (Å²) < 4.78 is 2.91. The molecule has 1 heterocycles. The van der Waals surface area contributed by atoms with Gasteiger partial charge in [0.15, 0.2) is 5.82 Å². The highest BCUT2D eigenvalue weighted by atomic mass is 79.9. The molecule has 1 aromatic heterocycles. The Kier molecular flexibility index (Phi) is 3.22. The largest absolute Gasteiger partial charge is 0.381 e. The summed E-state index contributed by atoms with van der Waals surface area (Å²) in [6.45, 7) is 4.18. The van der Waals surface area contributed by atoms with Crippen molar-refractivity contribution in [3.05, 3.63) is 46.6 Å². The molecule has 2 N–H and O–H groups in total. The molecule has 0 unspecified atom stereocenters. The average Bonchev–Trinajstić information content (AvgIpc) is 2.81. The number of aromatic nitrogens is 3. The molecule has 5 heteroatoms. The lowest BCUT2D eigenvalue weighted by Gasteiger charge is -2.12. The lowest BCUT2D eigenvalue weighted by atomic mass is 10.1. The molecule has 0 saturated heterocycles. The standard InChI is InChI=1S/C15H15BrN4/c1-9(2)14-15(17)18-19-20(14)13-8-7-12(16)10-5-3-4-6-11(10)13/h3-9H,17H2,1-2H3. The quantitative estimate of drug-likeness (QED) is 0.775. The van der Waals surface area contributed by atoms with E-state index in [1.165, 1.54) is 0 Å². The Morgan fingerprint density at radius 2 is 1.80 bits per heavy atom. The van der Waals surface area contributed by atoms with Gasteiger partial charge in [-0.25, -0.2) is 4.68 Å². The van der Waals surface area contributed by atoms with Crippen molar-refractivity contribution in [3.63, 3.8) is 0 Å². The number of nitrogens with two attached hydrogens (primary N) is 1. The molecule has 2 aromatic carbocycles. The maximum atomic E-state index is 5.95. The first-order valence-electron chi connectivity index (χ1n) is 6.48. The summed E-state index contributed by atoms with van der Waals surface area (Å²) in [6, 6.07) is 12.3. The molecule has 0 bridgehead atoms. The Bertz CT molecular complexity index is 777. The molecule has 0 aliphatic heterocycles. The van der Waals surface area contributed by atoms with Crippen LogP contribution >= 0.6 is 15.9 Å². The minimum atomic E-state index is 0.257. The molecule has 0 amide bonds. The number of benzene rings is 2. The van der Waals surface area contributed by atoms with E-state index in [1.807, 2.05) is 28.9 Å². The topological polar surface area (TPSA) is 56.7 Å². The van der Waals surface area contributed by atoms with E-state index in [0.29, 0.717) is 5.82 Å². The van der Waals surface area contributed by atoms with Gasteiger partial charge in [-0.05, 0) is 23.4 Å². The number of hydrogen-bond donors (Lipinski definition) is 1. The van der Waals surface area contributed by atoms with Crippen molar-refractivity contribution in [2.24, 2.45) is 0 Å². The molecule has 0 spiro atoms. The summed E-state index contributed by atoms with van der Waals surface area (Å²) in [4.78, 5) is 0. The smallest absolute Gasteiger partial charge is 0.169 e. The monoisotopic (exact) mass is 330 g/mol. The Labute approximate surface area is 125 Å². The Morgan fingerprint density at radius 3 is 2.50 bits per heavy atom. The van der Waals surface area contributed by atoms with Gasteiger partial charge in [0, 0.05) is 9.86 Å².